The third-order valence-electron chi connectivity index (χ3n) is 3.53. The number of aryl methyl sites for hydroxylation is 1. The van der Waals surface area contributed by atoms with Crippen molar-refractivity contribution in [1.82, 2.24) is 4.57 Å². The van der Waals surface area contributed by atoms with Gasteiger partial charge in [0, 0.05) is 24.2 Å². The molecule has 1 aromatic heterocycles. The highest BCUT2D eigenvalue weighted by molar-refractivity contribution is 6.04. The van der Waals surface area contributed by atoms with Crippen LogP contribution < -0.4 is 9.47 Å². The maximum atomic E-state index is 11.4. The number of nitrogens with zero attached hydrogens (tertiary/aromatic N) is 1. The summed E-state index contributed by atoms with van der Waals surface area (Å²) < 4.78 is 13.1. The number of fused-ring (bicyclic) bond motifs is 2. The molecule has 2 heterocycles. The van der Waals surface area contributed by atoms with E-state index in [0.29, 0.717) is 35.7 Å². The Morgan fingerprint density at radius 2 is 2.00 bits per heavy atom. The van der Waals surface area contributed by atoms with Gasteiger partial charge in [0.15, 0.2) is 11.5 Å². The Labute approximate surface area is 116 Å². The molecule has 1 aliphatic rings. The molecular weight excluding hydrogens is 258 g/mol. The summed E-state index contributed by atoms with van der Waals surface area (Å²) >= 11 is 0. The highest BCUT2D eigenvalue weighted by atomic mass is 16.6. The van der Waals surface area contributed by atoms with Crippen molar-refractivity contribution in [2.24, 2.45) is 0 Å². The van der Waals surface area contributed by atoms with Gasteiger partial charge in [-0.25, -0.2) is 4.79 Å². The van der Waals surface area contributed by atoms with E-state index in [4.69, 9.17) is 9.47 Å². The first-order valence-electron chi connectivity index (χ1n) is 6.86. The number of hydrogen-bond donors (Lipinski definition) is 1. The van der Waals surface area contributed by atoms with Crippen molar-refractivity contribution in [3.63, 3.8) is 0 Å². The van der Waals surface area contributed by atoms with Crippen LogP contribution in [-0.2, 0) is 6.54 Å². The van der Waals surface area contributed by atoms with Crippen molar-refractivity contribution in [3.8, 4) is 11.5 Å². The summed E-state index contributed by atoms with van der Waals surface area (Å²) in [6.07, 6.45) is 3.78. The molecule has 2 aromatic rings. The van der Waals surface area contributed by atoms with Crippen LogP contribution in [0.1, 0.15) is 30.1 Å². The van der Waals surface area contributed by atoms with Gasteiger partial charge in [-0.05, 0) is 12.5 Å². The molecule has 0 saturated carbocycles. The first-order chi connectivity index (χ1) is 9.70. The fraction of sp³-hybridized carbons (Fsp3) is 0.400. The lowest BCUT2D eigenvalue weighted by atomic mass is 10.1. The van der Waals surface area contributed by atoms with Crippen LogP contribution in [0.3, 0.4) is 0 Å². The van der Waals surface area contributed by atoms with Crippen molar-refractivity contribution in [2.45, 2.75) is 26.3 Å². The molecule has 0 fully saturated rings. The molecule has 0 radical (unpaired) electrons. The minimum atomic E-state index is -0.915. The van der Waals surface area contributed by atoms with Gasteiger partial charge >= 0.3 is 5.97 Å². The molecule has 0 bridgehead atoms. The molecule has 0 saturated heterocycles. The summed E-state index contributed by atoms with van der Waals surface area (Å²) in [5.41, 5.74) is 1.20. The van der Waals surface area contributed by atoms with E-state index in [2.05, 4.69) is 6.92 Å². The summed E-state index contributed by atoms with van der Waals surface area (Å²) in [6.45, 7) is 3.94. The fourth-order valence-corrected chi connectivity index (χ4v) is 2.51. The number of carboxylic acid groups (broad SMARTS) is 1. The fourth-order valence-electron chi connectivity index (χ4n) is 2.51. The summed E-state index contributed by atoms with van der Waals surface area (Å²) in [7, 11) is 0. The largest absolute Gasteiger partial charge is 0.486 e. The van der Waals surface area contributed by atoms with Crippen molar-refractivity contribution in [2.75, 3.05) is 13.2 Å². The van der Waals surface area contributed by atoms with Gasteiger partial charge in [0.05, 0.1) is 11.1 Å². The number of rotatable bonds is 4. The molecule has 1 N–H and O–H groups in total. The van der Waals surface area contributed by atoms with Gasteiger partial charge in [0.25, 0.3) is 0 Å². The summed E-state index contributed by atoms with van der Waals surface area (Å²) in [5, 5.41) is 10.0. The van der Waals surface area contributed by atoms with Crippen molar-refractivity contribution in [1.29, 1.82) is 0 Å². The minimum Gasteiger partial charge on any atom is -0.486 e. The molecule has 0 amide bonds. The molecule has 1 aliphatic heterocycles. The Morgan fingerprint density at radius 3 is 2.65 bits per heavy atom. The zero-order valence-corrected chi connectivity index (χ0v) is 11.4. The molecule has 5 nitrogen and oxygen atoms in total. The Kier molecular flexibility index (Phi) is 3.26. The van der Waals surface area contributed by atoms with Gasteiger partial charge in [0.2, 0.25) is 0 Å². The predicted octanol–water partition coefficient (Wildman–Crippen LogP) is 2.91. The van der Waals surface area contributed by atoms with Crippen molar-refractivity contribution < 1.29 is 19.4 Å². The molecule has 20 heavy (non-hydrogen) atoms. The van der Waals surface area contributed by atoms with Gasteiger partial charge in [0.1, 0.15) is 13.2 Å². The van der Waals surface area contributed by atoms with Crippen LogP contribution in [0, 0.1) is 0 Å². The van der Waals surface area contributed by atoms with Gasteiger partial charge in [-0.1, -0.05) is 13.3 Å². The predicted molar refractivity (Wildman–Crippen MR) is 74.8 cm³/mol. The number of benzene rings is 1. The van der Waals surface area contributed by atoms with Crippen LogP contribution in [-0.4, -0.2) is 28.9 Å². The van der Waals surface area contributed by atoms with Gasteiger partial charge in [-0.2, -0.15) is 0 Å². The lowest BCUT2D eigenvalue weighted by Gasteiger charge is -2.18. The van der Waals surface area contributed by atoms with Gasteiger partial charge in [-0.3, -0.25) is 0 Å². The van der Waals surface area contributed by atoms with E-state index < -0.39 is 5.97 Å². The molecule has 5 heteroatoms. The van der Waals surface area contributed by atoms with E-state index in [0.717, 1.165) is 24.9 Å². The maximum absolute atomic E-state index is 11.4. The van der Waals surface area contributed by atoms with E-state index in [9.17, 15) is 9.90 Å². The van der Waals surface area contributed by atoms with E-state index in [1.807, 2.05) is 10.6 Å². The molecule has 106 valence electrons. The average Bonchev–Trinajstić information content (AvgIpc) is 2.81. The normalized spacial score (nSPS) is 13.7. The molecular formula is C15H17NO4. The summed E-state index contributed by atoms with van der Waals surface area (Å²) in [4.78, 5) is 11.4. The first kappa shape index (κ1) is 12.8. The van der Waals surface area contributed by atoms with Gasteiger partial charge in [-0.15, -0.1) is 0 Å². The first-order valence-corrected chi connectivity index (χ1v) is 6.86. The second kappa shape index (κ2) is 5.07. The lowest BCUT2D eigenvalue weighted by Crippen LogP contribution is -2.15. The Morgan fingerprint density at radius 1 is 1.30 bits per heavy atom. The van der Waals surface area contributed by atoms with Crippen LogP contribution in [0.5, 0.6) is 11.5 Å². The smallest absolute Gasteiger partial charge is 0.337 e. The molecule has 0 spiro atoms. The Hall–Kier alpha value is -2.17. The van der Waals surface area contributed by atoms with Crippen LogP contribution in [0.15, 0.2) is 18.3 Å². The number of aromatic nitrogens is 1. The average molecular weight is 275 g/mol. The van der Waals surface area contributed by atoms with Crippen LogP contribution in [0.2, 0.25) is 0 Å². The number of carboxylic acids is 1. The van der Waals surface area contributed by atoms with Crippen molar-refractivity contribution in [3.05, 3.63) is 23.9 Å². The van der Waals surface area contributed by atoms with E-state index >= 15 is 0 Å². The second-order valence-corrected chi connectivity index (χ2v) is 4.91. The standard InChI is InChI=1S/C15H17NO4/c1-2-3-4-16-9-11(15(17)18)10-7-13-14(8-12(10)16)20-6-5-19-13/h7-9H,2-6H2,1H3,(H,17,18). The highest BCUT2D eigenvalue weighted by Gasteiger charge is 2.19. The van der Waals surface area contributed by atoms with Crippen LogP contribution in [0.25, 0.3) is 10.9 Å². The number of aromatic carboxylic acids is 1. The number of ether oxygens (including phenoxy) is 2. The maximum Gasteiger partial charge on any atom is 0.337 e. The highest BCUT2D eigenvalue weighted by Crippen LogP contribution is 2.36. The monoisotopic (exact) mass is 275 g/mol. The zero-order chi connectivity index (χ0) is 14.1. The molecule has 1 aromatic carbocycles. The van der Waals surface area contributed by atoms with Crippen molar-refractivity contribution >= 4 is 16.9 Å². The van der Waals surface area contributed by atoms with Crippen LogP contribution in [0.4, 0.5) is 0 Å². The van der Waals surface area contributed by atoms with Crippen LogP contribution >= 0.6 is 0 Å². The van der Waals surface area contributed by atoms with E-state index in [1.165, 1.54) is 0 Å². The quantitative estimate of drug-likeness (QED) is 0.932. The minimum absolute atomic E-state index is 0.313. The molecule has 0 aliphatic carbocycles. The lowest BCUT2D eigenvalue weighted by molar-refractivity contribution is 0.0698. The number of unbranched alkanes of at least 4 members (excludes halogenated alkanes) is 1. The van der Waals surface area contributed by atoms with Gasteiger partial charge < -0.3 is 19.1 Å². The second-order valence-electron chi connectivity index (χ2n) is 4.91. The molecule has 0 atom stereocenters. The Balaban J connectivity index is 2.17. The SMILES string of the molecule is CCCCn1cc(C(=O)O)c2cc3c(cc21)OCCO3. The Bertz CT molecular complexity index is 659. The third kappa shape index (κ3) is 2.09. The van der Waals surface area contributed by atoms with E-state index in [-0.39, 0.29) is 0 Å². The number of hydrogen-bond acceptors (Lipinski definition) is 3. The topological polar surface area (TPSA) is 60.7 Å². The number of carbonyl (C=O) groups is 1. The third-order valence-corrected chi connectivity index (χ3v) is 3.53. The zero-order valence-electron chi connectivity index (χ0n) is 11.4. The summed E-state index contributed by atoms with van der Waals surface area (Å²) in [6, 6.07) is 3.65. The molecule has 3 rings (SSSR count). The van der Waals surface area contributed by atoms with E-state index in [1.54, 1.807) is 12.3 Å². The molecule has 0 unspecified atom stereocenters. The summed E-state index contributed by atoms with van der Waals surface area (Å²) in [5.74, 6) is 0.401.